The molecule has 110 valence electrons. The smallest absolute Gasteiger partial charge is 0.326 e. The molecular weight excluding hydrogens is 292 g/mol. The first kappa shape index (κ1) is 15.3. The van der Waals surface area contributed by atoms with Crippen LogP contribution >= 0.6 is 11.6 Å². The number of fused-ring (bicyclic) bond motifs is 1. The molecule has 1 unspecified atom stereocenters. The van der Waals surface area contributed by atoms with Gasteiger partial charge in [0.25, 0.3) is 5.91 Å². The van der Waals surface area contributed by atoms with Gasteiger partial charge in [0.15, 0.2) is 0 Å². The van der Waals surface area contributed by atoms with Gasteiger partial charge in [-0.2, -0.15) is 0 Å². The number of carbonyl (C=O) groups is 2. The van der Waals surface area contributed by atoms with Crippen molar-refractivity contribution in [1.82, 2.24) is 10.3 Å². The minimum atomic E-state index is -1.06. The van der Waals surface area contributed by atoms with Gasteiger partial charge in [0.05, 0.1) is 0 Å². The number of halogens is 1. The van der Waals surface area contributed by atoms with E-state index in [0.717, 1.165) is 10.8 Å². The quantitative estimate of drug-likeness (QED) is 0.832. The maximum absolute atomic E-state index is 12.1. The topological polar surface area (TPSA) is 79.3 Å². The summed E-state index contributed by atoms with van der Waals surface area (Å²) in [4.78, 5) is 27.2. The van der Waals surface area contributed by atoms with E-state index in [0.29, 0.717) is 12.8 Å². The molecule has 2 rings (SSSR count). The number of amides is 1. The summed E-state index contributed by atoms with van der Waals surface area (Å²) in [5, 5.41) is 13.3. The fourth-order valence-electron chi connectivity index (χ4n) is 2.05. The Morgan fingerprint density at radius 3 is 2.76 bits per heavy atom. The van der Waals surface area contributed by atoms with Gasteiger partial charge in [-0.3, -0.25) is 4.79 Å². The third kappa shape index (κ3) is 3.49. The van der Waals surface area contributed by atoms with Crippen LogP contribution in [0.1, 0.15) is 30.3 Å². The summed E-state index contributed by atoms with van der Waals surface area (Å²) in [6, 6.07) is 7.97. The van der Waals surface area contributed by atoms with Crippen LogP contribution in [-0.4, -0.2) is 28.0 Å². The molecule has 0 bridgehead atoms. The van der Waals surface area contributed by atoms with Crippen LogP contribution in [0.2, 0.25) is 5.15 Å². The average molecular weight is 307 g/mol. The Bertz CT molecular complexity index is 688. The second-order valence-electron chi connectivity index (χ2n) is 4.67. The molecule has 1 atom stereocenters. The molecule has 1 amide bonds. The van der Waals surface area contributed by atoms with Gasteiger partial charge in [0.1, 0.15) is 16.9 Å². The van der Waals surface area contributed by atoms with Gasteiger partial charge >= 0.3 is 5.97 Å². The molecule has 0 saturated carbocycles. The molecule has 0 spiro atoms. The predicted molar refractivity (Wildman–Crippen MR) is 80.6 cm³/mol. The second-order valence-corrected chi connectivity index (χ2v) is 5.03. The number of carboxylic acid groups (broad SMARTS) is 1. The van der Waals surface area contributed by atoms with Crippen LogP contribution in [0.5, 0.6) is 0 Å². The maximum Gasteiger partial charge on any atom is 0.326 e. The molecule has 5 nitrogen and oxygen atoms in total. The molecule has 1 aromatic heterocycles. The lowest BCUT2D eigenvalue weighted by Crippen LogP contribution is -2.40. The molecular formula is C15H15ClN2O3. The zero-order chi connectivity index (χ0) is 15.4. The SMILES string of the molecule is CCCC(NC(=O)c1cc2ccccc2c(Cl)n1)C(=O)O. The van der Waals surface area contributed by atoms with Gasteiger partial charge in [-0.05, 0) is 17.9 Å². The number of nitrogens with zero attached hydrogens (tertiary/aromatic N) is 1. The van der Waals surface area contributed by atoms with Crippen LogP contribution < -0.4 is 5.32 Å². The van der Waals surface area contributed by atoms with E-state index in [1.807, 2.05) is 31.2 Å². The number of carboxylic acids is 1. The van der Waals surface area contributed by atoms with Crippen molar-refractivity contribution in [1.29, 1.82) is 0 Å². The normalized spacial score (nSPS) is 12.1. The van der Waals surface area contributed by atoms with Crippen LogP contribution in [0.3, 0.4) is 0 Å². The molecule has 1 aromatic carbocycles. The van der Waals surface area contributed by atoms with E-state index in [-0.39, 0.29) is 10.8 Å². The van der Waals surface area contributed by atoms with Crippen LogP contribution in [0.15, 0.2) is 30.3 Å². The Balaban J connectivity index is 2.29. The Hall–Kier alpha value is -2.14. The highest BCUT2D eigenvalue weighted by Crippen LogP contribution is 2.22. The monoisotopic (exact) mass is 306 g/mol. The molecule has 2 N–H and O–H groups in total. The molecule has 1 heterocycles. The molecule has 0 fully saturated rings. The summed E-state index contributed by atoms with van der Waals surface area (Å²) in [5.74, 6) is -1.60. The Morgan fingerprint density at radius 2 is 2.10 bits per heavy atom. The van der Waals surface area contributed by atoms with Crippen LogP contribution in [0.4, 0.5) is 0 Å². The Morgan fingerprint density at radius 1 is 1.38 bits per heavy atom. The summed E-state index contributed by atoms with van der Waals surface area (Å²) in [6.07, 6.45) is 1.02. The molecule has 2 aromatic rings. The summed E-state index contributed by atoms with van der Waals surface area (Å²) >= 11 is 6.06. The van der Waals surface area contributed by atoms with E-state index < -0.39 is 17.9 Å². The van der Waals surface area contributed by atoms with Crippen molar-refractivity contribution in [3.63, 3.8) is 0 Å². The summed E-state index contributed by atoms with van der Waals surface area (Å²) in [7, 11) is 0. The van der Waals surface area contributed by atoms with Crippen LogP contribution in [0, 0.1) is 0 Å². The van der Waals surface area contributed by atoms with E-state index in [1.54, 1.807) is 6.07 Å². The minimum absolute atomic E-state index is 0.112. The number of pyridine rings is 1. The highest BCUT2D eigenvalue weighted by molar-refractivity contribution is 6.34. The van der Waals surface area contributed by atoms with Crippen molar-refractivity contribution >= 4 is 34.2 Å². The first-order valence-electron chi connectivity index (χ1n) is 6.62. The number of rotatable bonds is 5. The minimum Gasteiger partial charge on any atom is -0.480 e. The lowest BCUT2D eigenvalue weighted by atomic mass is 10.1. The van der Waals surface area contributed by atoms with Crippen molar-refractivity contribution in [2.75, 3.05) is 0 Å². The summed E-state index contributed by atoms with van der Waals surface area (Å²) in [5.41, 5.74) is 0.112. The number of hydrogen-bond acceptors (Lipinski definition) is 3. The van der Waals surface area contributed by atoms with Crippen LogP contribution in [0.25, 0.3) is 10.8 Å². The number of benzene rings is 1. The predicted octanol–water partition coefficient (Wildman–Crippen LogP) is 2.87. The van der Waals surface area contributed by atoms with E-state index >= 15 is 0 Å². The van der Waals surface area contributed by atoms with Gasteiger partial charge in [-0.1, -0.05) is 49.2 Å². The molecule has 0 aliphatic rings. The van der Waals surface area contributed by atoms with Gasteiger partial charge in [0, 0.05) is 5.39 Å². The molecule has 6 heteroatoms. The van der Waals surface area contributed by atoms with E-state index in [1.165, 1.54) is 0 Å². The molecule has 0 saturated heterocycles. The number of aromatic nitrogens is 1. The van der Waals surface area contributed by atoms with Gasteiger partial charge in [-0.25, -0.2) is 9.78 Å². The van der Waals surface area contributed by atoms with E-state index in [2.05, 4.69) is 10.3 Å². The number of aliphatic carboxylic acids is 1. The van der Waals surface area contributed by atoms with Crippen LogP contribution in [-0.2, 0) is 4.79 Å². The Kier molecular flexibility index (Phi) is 4.75. The molecule has 0 radical (unpaired) electrons. The third-order valence-electron chi connectivity index (χ3n) is 3.11. The number of hydrogen-bond donors (Lipinski definition) is 2. The number of nitrogens with one attached hydrogen (secondary N) is 1. The van der Waals surface area contributed by atoms with Crippen molar-refractivity contribution < 1.29 is 14.7 Å². The fourth-order valence-corrected chi connectivity index (χ4v) is 2.31. The van der Waals surface area contributed by atoms with Crippen molar-refractivity contribution in [3.8, 4) is 0 Å². The highest BCUT2D eigenvalue weighted by Gasteiger charge is 2.20. The molecule has 0 aliphatic heterocycles. The van der Waals surface area contributed by atoms with Gasteiger partial charge in [-0.15, -0.1) is 0 Å². The maximum atomic E-state index is 12.1. The van der Waals surface area contributed by atoms with Crippen molar-refractivity contribution in [3.05, 3.63) is 41.2 Å². The average Bonchev–Trinajstić information content (AvgIpc) is 2.46. The van der Waals surface area contributed by atoms with Gasteiger partial charge in [0.2, 0.25) is 0 Å². The van der Waals surface area contributed by atoms with E-state index in [9.17, 15) is 9.59 Å². The Labute approximate surface area is 126 Å². The largest absolute Gasteiger partial charge is 0.480 e. The highest BCUT2D eigenvalue weighted by atomic mass is 35.5. The van der Waals surface area contributed by atoms with Crippen molar-refractivity contribution in [2.45, 2.75) is 25.8 Å². The molecule has 21 heavy (non-hydrogen) atoms. The second kappa shape index (κ2) is 6.54. The van der Waals surface area contributed by atoms with Crippen molar-refractivity contribution in [2.24, 2.45) is 0 Å². The first-order valence-corrected chi connectivity index (χ1v) is 6.99. The number of carbonyl (C=O) groups excluding carboxylic acids is 1. The third-order valence-corrected chi connectivity index (χ3v) is 3.40. The molecule has 0 aliphatic carbocycles. The first-order chi connectivity index (χ1) is 10.0. The fraction of sp³-hybridized carbons (Fsp3) is 0.267. The summed E-state index contributed by atoms with van der Waals surface area (Å²) < 4.78 is 0. The zero-order valence-corrected chi connectivity index (χ0v) is 12.2. The lowest BCUT2D eigenvalue weighted by molar-refractivity contribution is -0.139. The van der Waals surface area contributed by atoms with Gasteiger partial charge < -0.3 is 10.4 Å². The standard InChI is InChI=1S/C15H15ClN2O3/c1-2-5-11(15(20)21)18-14(19)12-8-9-6-3-4-7-10(9)13(16)17-12/h3-4,6-8,11H,2,5H2,1H3,(H,18,19)(H,20,21). The lowest BCUT2D eigenvalue weighted by Gasteiger charge is -2.13. The zero-order valence-electron chi connectivity index (χ0n) is 11.5. The van der Waals surface area contributed by atoms with E-state index in [4.69, 9.17) is 16.7 Å². The summed E-state index contributed by atoms with van der Waals surface area (Å²) in [6.45, 7) is 1.85.